The second-order valence-corrected chi connectivity index (χ2v) is 4.95. The van der Waals surface area contributed by atoms with Crippen molar-refractivity contribution in [2.24, 2.45) is 0 Å². The smallest absolute Gasteiger partial charge is 0.251 e. The number of hydrogen-bond donors (Lipinski definition) is 2. The second-order valence-electron chi connectivity index (χ2n) is 4.95. The first-order chi connectivity index (χ1) is 9.69. The van der Waals surface area contributed by atoms with E-state index in [1.807, 2.05) is 0 Å². The van der Waals surface area contributed by atoms with Crippen LogP contribution in [0.3, 0.4) is 0 Å². The number of nitrogen functional groups attached to an aromatic ring is 1. The van der Waals surface area contributed by atoms with E-state index in [-0.39, 0.29) is 5.91 Å². The third kappa shape index (κ3) is 5.51. The van der Waals surface area contributed by atoms with E-state index in [4.69, 9.17) is 10.5 Å². The minimum atomic E-state index is -0.130. The lowest BCUT2D eigenvalue weighted by Gasteiger charge is -2.10. The number of rotatable bonds is 9. The van der Waals surface area contributed by atoms with Gasteiger partial charge in [-0.1, -0.05) is 39.0 Å². The summed E-state index contributed by atoms with van der Waals surface area (Å²) in [5.41, 5.74) is 7.00. The van der Waals surface area contributed by atoms with Gasteiger partial charge in [0.2, 0.25) is 0 Å². The Kier molecular flexibility index (Phi) is 7.55. The van der Waals surface area contributed by atoms with E-state index in [1.54, 1.807) is 25.2 Å². The Hall–Kier alpha value is -1.71. The standard InChI is InChI=1S/C16H26N2O2/c1-3-4-5-6-7-8-11-20-15-12-13(16(19)18-2)9-10-14(15)17/h9-10,12H,3-8,11,17H2,1-2H3,(H,18,19). The lowest BCUT2D eigenvalue weighted by molar-refractivity contribution is 0.0962. The van der Waals surface area contributed by atoms with Crippen LogP contribution in [0.1, 0.15) is 55.8 Å². The van der Waals surface area contributed by atoms with Gasteiger partial charge in [-0.15, -0.1) is 0 Å². The SMILES string of the molecule is CCCCCCCCOc1cc(C(=O)NC)ccc1N. The van der Waals surface area contributed by atoms with Crippen LogP contribution in [0.5, 0.6) is 5.75 Å². The molecule has 1 aromatic carbocycles. The van der Waals surface area contributed by atoms with Gasteiger partial charge in [-0.25, -0.2) is 0 Å². The van der Waals surface area contributed by atoms with Crippen molar-refractivity contribution in [3.8, 4) is 5.75 Å². The van der Waals surface area contributed by atoms with Gasteiger partial charge in [-0.3, -0.25) is 4.79 Å². The van der Waals surface area contributed by atoms with Gasteiger partial charge in [0.1, 0.15) is 5.75 Å². The number of nitrogens with two attached hydrogens (primary N) is 1. The average Bonchev–Trinajstić information content (AvgIpc) is 2.47. The van der Waals surface area contributed by atoms with E-state index in [1.165, 1.54) is 32.1 Å². The molecule has 4 heteroatoms. The zero-order chi connectivity index (χ0) is 14.8. The van der Waals surface area contributed by atoms with E-state index < -0.39 is 0 Å². The molecule has 0 atom stereocenters. The normalized spacial score (nSPS) is 10.3. The molecule has 3 N–H and O–H groups in total. The van der Waals surface area contributed by atoms with Crippen LogP contribution in [0.4, 0.5) is 5.69 Å². The Morgan fingerprint density at radius 3 is 2.60 bits per heavy atom. The minimum absolute atomic E-state index is 0.130. The van der Waals surface area contributed by atoms with Crippen LogP contribution in [0.25, 0.3) is 0 Å². The van der Waals surface area contributed by atoms with Crippen LogP contribution >= 0.6 is 0 Å². The summed E-state index contributed by atoms with van der Waals surface area (Å²) in [7, 11) is 1.61. The van der Waals surface area contributed by atoms with E-state index in [2.05, 4.69) is 12.2 Å². The zero-order valence-corrected chi connectivity index (χ0v) is 12.6. The predicted octanol–water partition coefficient (Wildman–Crippen LogP) is 3.37. The van der Waals surface area contributed by atoms with E-state index in [0.29, 0.717) is 23.6 Å². The van der Waals surface area contributed by atoms with Gasteiger partial charge < -0.3 is 15.8 Å². The summed E-state index contributed by atoms with van der Waals surface area (Å²) >= 11 is 0. The molecular formula is C16H26N2O2. The molecule has 4 nitrogen and oxygen atoms in total. The van der Waals surface area contributed by atoms with Crippen molar-refractivity contribution in [1.29, 1.82) is 0 Å². The summed E-state index contributed by atoms with van der Waals surface area (Å²) in [4.78, 5) is 11.5. The Morgan fingerprint density at radius 1 is 1.20 bits per heavy atom. The molecule has 1 amide bonds. The quantitative estimate of drug-likeness (QED) is 0.537. The van der Waals surface area contributed by atoms with Gasteiger partial charge in [0, 0.05) is 12.6 Å². The predicted molar refractivity (Wildman–Crippen MR) is 83.1 cm³/mol. The maximum atomic E-state index is 11.5. The number of nitrogens with one attached hydrogen (secondary N) is 1. The van der Waals surface area contributed by atoms with Crippen LogP contribution < -0.4 is 15.8 Å². The monoisotopic (exact) mass is 278 g/mol. The third-order valence-electron chi connectivity index (χ3n) is 3.26. The maximum Gasteiger partial charge on any atom is 0.251 e. The first kappa shape index (κ1) is 16.3. The van der Waals surface area contributed by atoms with Crippen molar-refractivity contribution in [2.75, 3.05) is 19.4 Å². The van der Waals surface area contributed by atoms with Crippen molar-refractivity contribution in [1.82, 2.24) is 5.32 Å². The summed E-state index contributed by atoms with van der Waals surface area (Å²) < 4.78 is 5.67. The highest BCUT2D eigenvalue weighted by Gasteiger charge is 2.07. The van der Waals surface area contributed by atoms with E-state index in [0.717, 1.165) is 6.42 Å². The number of unbranched alkanes of at least 4 members (excludes halogenated alkanes) is 5. The number of carbonyl (C=O) groups is 1. The Labute approximate surface area is 121 Å². The molecule has 0 fully saturated rings. The summed E-state index contributed by atoms with van der Waals surface area (Å²) in [5.74, 6) is 0.467. The molecule has 20 heavy (non-hydrogen) atoms. The molecule has 0 aliphatic heterocycles. The summed E-state index contributed by atoms with van der Waals surface area (Å²) in [6.45, 7) is 2.86. The molecule has 0 heterocycles. The number of benzene rings is 1. The molecule has 112 valence electrons. The number of anilines is 1. The van der Waals surface area contributed by atoms with Crippen molar-refractivity contribution < 1.29 is 9.53 Å². The van der Waals surface area contributed by atoms with Gasteiger partial charge in [0.05, 0.1) is 12.3 Å². The Bertz CT molecular complexity index is 419. The van der Waals surface area contributed by atoms with Crippen molar-refractivity contribution in [3.63, 3.8) is 0 Å². The molecule has 1 rings (SSSR count). The summed E-state index contributed by atoms with van der Waals surface area (Å²) in [5, 5.41) is 2.59. The first-order valence-corrected chi connectivity index (χ1v) is 7.43. The largest absolute Gasteiger partial charge is 0.491 e. The molecule has 0 aliphatic rings. The average molecular weight is 278 g/mol. The first-order valence-electron chi connectivity index (χ1n) is 7.43. The number of amides is 1. The van der Waals surface area contributed by atoms with Crippen LogP contribution in [0.2, 0.25) is 0 Å². The Morgan fingerprint density at radius 2 is 1.90 bits per heavy atom. The van der Waals surface area contributed by atoms with E-state index in [9.17, 15) is 4.79 Å². The lowest BCUT2D eigenvalue weighted by Crippen LogP contribution is -2.17. The van der Waals surface area contributed by atoms with Gasteiger partial charge >= 0.3 is 0 Å². The van der Waals surface area contributed by atoms with Crippen molar-refractivity contribution in [2.45, 2.75) is 45.4 Å². The molecule has 0 bridgehead atoms. The highest BCUT2D eigenvalue weighted by atomic mass is 16.5. The maximum absolute atomic E-state index is 11.5. The van der Waals surface area contributed by atoms with Crippen molar-refractivity contribution in [3.05, 3.63) is 23.8 Å². The van der Waals surface area contributed by atoms with Gasteiger partial charge in [-0.2, -0.15) is 0 Å². The molecule has 0 spiro atoms. The molecule has 1 aromatic rings. The third-order valence-corrected chi connectivity index (χ3v) is 3.26. The molecule has 0 saturated heterocycles. The highest BCUT2D eigenvalue weighted by molar-refractivity contribution is 5.95. The topological polar surface area (TPSA) is 64.3 Å². The molecule has 0 saturated carbocycles. The van der Waals surface area contributed by atoms with Gasteiger partial charge in [-0.05, 0) is 24.6 Å². The molecule has 0 aliphatic carbocycles. The number of hydrogen-bond acceptors (Lipinski definition) is 3. The van der Waals surface area contributed by atoms with Crippen LogP contribution in [0.15, 0.2) is 18.2 Å². The number of carbonyl (C=O) groups excluding carboxylic acids is 1. The van der Waals surface area contributed by atoms with Crippen LogP contribution in [-0.2, 0) is 0 Å². The lowest BCUT2D eigenvalue weighted by atomic mass is 10.1. The summed E-state index contributed by atoms with van der Waals surface area (Å²) in [6, 6.07) is 5.11. The fourth-order valence-corrected chi connectivity index (χ4v) is 2.01. The fraction of sp³-hybridized carbons (Fsp3) is 0.562. The van der Waals surface area contributed by atoms with Crippen LogP contribution in [0, 0.1) is 0 Å². The van der Waals surface area contributed by atoms with Gasteiger partial charge in [0.25, 0.3) is 5.91 Å². The number of ether oxygens (including phenoxy) is 1. The van der Waals surface area contributed by atoms with Crippen molar-refractivity contribution >= 4 is 11.6 Å². The zero-order valence-electron chi connectivity index (χ0n) is 12.6. The summed E-state index contributed by atoms with van der Waals surface area (Å²) in [6.07, 6.45) is 7.32. The van der Waals surface area contributed by atoms with Crippen LogP contribution in [-0.4, -0.2) is 19.6 Å². The molecule has 0 unspecified atom stereocenters. The van der Waals surface area contributed by atoms with Gasteiger partial charge in [0.15, 0.2) is 0 Å². The second kappa shape index (κ2) is 9.23. The fourth-order valence-electron chi connectivity index (χ4n) is 2.01. The molecular weight excluding hydrogens is 252 g/mol. The Balaban J connectivity index is 2.37. The highest BCUT2D eigenvalue weighted by Crippen LogP contribution is 2.23. The molecule has 0 radical (unpaired) electrons. The van der Waals surface area contributed by atoms with E-state index >= 15 is 0 Å². The minimum Gasteiger partial charge on any atom is -0.491 e. The molecule has 0 aromatic heterocycles.